The van der Waals surface area contributed by atoms with Gasteiger partial charge in [0.05, 0.1) is 29.3 Å². The Labute approximate surface area is 170 Å². The van der Waals surface area contributed by atoms with Crippen LogP contribution in [0.1, 0.15) is 16.7 Å². The molecule has 2 heterocycles. The smallest absolute Gasteiger partial charge is 0.0991 e. The summed E-state index contributed by atoms with van der Waals surface area (Å²) < 4.78 is 2.03. The molecule has 0 saturated carbocycles. The van der Waals surface area contributed by atoms with Gasteiger partial charge >= 0.3 is 0 Å². The first kappa shape index (κ1) is 18.6. The molecule has 0 aliphatic carbocycles. The second-order valence-electron chi connectivity index (χ2n) is 6.87. The van der Waals surface area contributed by atoms with Gasteiger partial charge in [0, 0.05) is 30.1 Å². The van der Waals surface area contributed by atoms with Crippen LogP contribution in [0.25, 0.3) is 22.5 Å². The molecule has 0 amide bonds. The minimum atomic E-state index is 0.605. The van der Waals surface area contributed by atoms with Crippen LogP contribution in [0, 0.1) is 11.3 Å². The number of benzene rings is 2. The minimum Gasteiger partial charge on any atom is -0.332 e. The van der Waals surface area contributed by atoms with Crippen molar-refractivity contribution in [2.24, 2.45) is 5.73 Å². The van der Waals surface area contributed by atoms with Gasteiger partial charge < -0.3 is 10.3 Å². The van der Waals surface area contributed by atoms with Crippen LogP contribution in [-0.2, 0) is 13.0 Å². The third-order valence-electron chi connectivity index (χ3n) is 4.82. The Bertz CT molecular complexity index is 1140. The molecule has 0 fully saturated rings. The van der Waals surface area contributed by atoms with Gasteiger partial charge in [0.1, 0.15) is 0 Å². The number of nitrogens with two attached hydrogens (primary N) is 1. The standard InChI is InChI=1S/C24H21N5/c25-11-10-18-7-9-23(27-14-18)22-8-6-19(13-26)12-21(22)15-29-16-24(28-17-29)20-4-2-1-3-5-20/h1-9,12,14,16-17H,10-11,15,25H2. The molecule has 0 radical (unpaired) electrons. The van der Waals surface area contributed by atoms with E-state index in [4.69, 9.17) is 5.73 Å². The van der Waals surface area contributed by atoms with E-state index >= 15 is 0 Å². The zero-order valence-corrected chi connectivity index (χ0v) is 16.0. The molecule has 5 heteroatoms. The maximum Gasteiger partial charge on any atom is 0.0991 e. The van der Waals surface area contributed by atoms with Gasteiger partial charge in [-0.3, -0.25) is 4.98 Å². The Hall–Kier alpha value is -3.75. The largest absolute Gasteiger partial charge is 0.332 e. The number of pyridine rings is 1. The summed E-state index contributed by atoms with van der Waals surface area (Å²) in [4.78, 5) is 9.14. The quantitative estimate of drug-likeness (QED) is 0.548. The Kier molecular flexibility index (Phi) is 5.46. The summed E-state index contributed by atoms with van der Waals surface area (Å²) in [6, 6.07) is 22.1. The molecule has 142 valence electrons. The van der Waals surface area contributed by atoms with Crippen molar-refractivity contribution in [1.29, 1.82) is 5.26 Å². The third-order valence-corrected chi connectivity index (χ3v) is 4.82. The highest BCUT2D eigenvalue weighted by Gasteiger charge is 2.10. The first-order valence-corrected chi connectivity index (χ1v) is 9.52. The molecule has 5 nitrogen and oxygen atoms in total. The van der Waals surface area contributed by atoms with E-state index < -0.39 is 0 Å². The second-order valence-corrected chi connectivity index (χ2v) is 6.87. The van der Waals surface area contributed by atoms with E-state index in [0.29, 0.717) is 18.7 Å². The van der Waals surface area contributed by atoms with Crippen molar-refractivity contribution in [1.82, 2.24) is 14.5 Å². The highest BCUT2D eigenvalue weighted by molar-refractivity contribution is 5.65. The maximum absolute atomic E-state index is 9.34. The van der Waals surface area contributed by atoms with E-state index in [9.17, 15) is 5.26 Å². The lowest BCUT2D eigenvalue weighted by Crippen LogP contribution is -2.03. The number of hydrogen-bond acceptors (Lipinski definition) is 4. The van der Waals surface area contributed by atoms with E-state index in [1.54, 1.807) is 0 Å². The van der Waals surface area contributed by atoms with E-state index in [1.807, 2.05) is 77.9 Å². The molecule has 0 aliphatic heterocycles. The average molecular weight is 379 g/mol. The number of nitriles is 1. The van der Waals surface area contributed by atoms with Crippen LogP contribution in [0.3, 0.4) is 0 Å². The third kappa shape index (κ3) is 4.23. The molecule has 4 rings (SSSR count). The monoisotopic (exact) mass is 379 g/mol. The van der Waals surface area contributed by atoms with Gasteiger partial charge in [-0.1, -0.05) is 42.5 Å². The number of rotatable bonds is 6. The van der Waals surface area contributed by atoms with Gasteiger partial charge in [0.2, 0.25) is 0 Å². The molecule has 0 spiro atoms. The van der Waals surface area contributed by atoms with Crippen LogP contribution < -0.4 is 5.73 Å². The van der Waals surface area contributed by atoms with Crippen molar-refractivity contribution in [3.05, 3.63) is 96.1 Å². The van der Waals surface area contributed by atoms with Crippen molar-refractivity contribution >= 4 is 0 Å². The van der Waals surface area contributed by atoms with E-state index in [1.165, 1.54) is 0 Å². The van der Waals surface area contributed by atoms with Gasteiger partial charge in [-0.05, 0) is 42.3 Å². The molecule has 0 atom stereocenters. The Morgan fingerprint density at radius 3 is 2.55 bits per heavy atom. The second kappa shape index (κ2) is 8.51. The van der Waals surface area contributed by atoms with Gasteiger partial charge in [-0.25, -0.2) is 4.98 Å². The lowest BCUT2D eigenvalue weighted by Gasteiger charge is -2.11. The summed E-state index contributed by atoms with van der Waals surface area (Å²) in [5, 5.41) is 9.34. The Balaban J connectivity index is 1.66. The zero-order valence-electron chi connectivity index (χ0n) is 16.0. The first-order valence-electron chi connectivity index (χ1n) is 9.52. The van der Waals surface area contributed by atoms with Crippen molar-refractivity contribution in [3.63, 3.8) is 0 Å². The molecule has 2 N–H and O–H groups in total. The average Bonchev–Trinajstić information content (AvgIpc) is 3.24. The van der Waals surface area contributed by atoms with Gasteiger partial charge in [-0.15, -0.1) is 0 Å². The number of aromatic nitrogens is 3. The SMILES string of the molecule is N#Cc1ccc(-c2ccc(CCN)cn2)c(Cn2cnc(-c3ccccc3)c2)c1. The fourth-order valence-electron chi connectivity index (χ4n) is 3.34. The summed E-state index contributed by atoms with van der Waals surface area (Å²) in [6.07, 6.45) is 6.53. The van der Waals surface area contributed by atoms with E-state index in [2.05, 4.69) is 22.1 Å². The molecule has 0 aliphatic rings. The van der Waals surface area contributed by atoms with Crippen molar-refractivity contribution in [2.75, 3.05) is 6.54 Å². The highest BCUT2D eigenvalue weighted by atomic mass is 15.0. The van der Waals surface area contributed by atoms with Crippen molar-refractivity contribution in [2.45, 2.75) is 13.0 Å². The van der Waals surface area contributed by atoms with Crippen molar-refractivity contribution in [3.8, 4) is 28.6 Å². The topological polar surface area (TPSA) is 80.5 Å². The van der Waals surface area contributed by atoms with Crippen LogP contribution in [0.4, 0.5) is 0 Å². The predicted molar refractivity (Wildman–Crippen MR) is 114 cm³/mol. The molecular formula is C24H21N5. The van der Waals surface area contributed by atoms with Gasteiger partial charge in [-0.2, -0.15) is 5.26 Å². The molecular weight excluding hydrogens is 358 g/mol. The van der Waals surface area contributed by atoms with Crippen LogP contribution >= 0.6 is 0 Å². The Morgan fingerprint density at radius 2 is 1.83 bits per heavy atom. The Morgan fingerprint density at radius 1 is 0.966 bits per heavy atom. The summed E-state index contributed by atoms with van der Waals surface area (Å²) in [7, 11) is 0. The van der Waals surface area contributed by atoms with Gasteiger partial charge in [0.25, 0.3) is 0 Å². The molecule has 4 aromatic rings. The molecule has 2 aromatic heterocycles. The number of imidazole rings is 1. The van der Waals surface area contributed by atoms with E-state index in [0.717, 1.165) is 40.1 Å². The summed E-state index contributed by atoms with van der Waals surface area (Å²) in [5.74, 6) is 0. The fraction of sp³-hybridized carbons (Fsp3) is 0.125. The lowest BCUT2D eigenvalue weighted by atomic mass is 10.0. The van der Waals surface area contributed by atoms with Crippen LogP contribution in [-0.4, -0.2) is 21.1 Å². The number of nitrogens with zero attached hydrogens (tertiary/aromatic N) is 4. The fourth-order valence-corrected chi connectivity index (χ4v) is 3.34. The van der Waals surface area contributed by atoms with Gasteiger partial charge in [0.15, 0.2) is 0 Å². The zero-order chi connectivity index (χ0) is 20.1. The lowest BCUT2D eigenvalue weighted by molar-refractivity contribution is 0.798. The summed E-state index contributed by atoms with van der Waals surface area (Å²) in [6.45, 7) is 1.21. The normalized spacial score (nSPS) is 10.6. The molecule has 0 unspecified atom stereocenters. The summed E-state index contributed by atoms with van der Waals surface area (Å²) >= 11 is 0. The van der Waals surface area contributed by atoms with Crippen LogP contribution in [0.5, 0.6) is 0 Å². The first-order chi connectivity index (χ1) is 14.3. The van der Waals surface area contributed by atoms with Crippen molar-refractivity contribution < 1.29 is 0 Å². The molecule has 0 bridgehead atoms. The van der Waals surface area contributed by atoms with Crippen LogP contribution in [0.2, 0.25) is 0 Å². The predicted octanol–water partition coefficient (Wildman–Crippen LogP) is 4.03. The molecule has 2 aromatic carbocycles. The highest BCUT2D eigenvalue weighted by Crippen LogP contribution is 2.25. The summed E-state index contributed by atoms with van der Waals surface area (Å²) in [5.41, 5.74) is 12.3. The minimum absolute atomic E-state index is 0.605. The molecule has 0 saturated heterocycles. The van der Waals surface area contributed by atoms with Crippen LogP contribution in [0.15, 0.2) is 79.4 Å². The molecule has 29 heavy (non-hydrogen) atoms. The maximum atomic E-state index is 9.34. The number of hydrogen-bond donors (Lipinski definition) is 1. The van der Waals surface area contributed by atoms with E-state index in [-0.39, 0.29) is 0 Å².